The van der Waals surface area contributed by atoms with Crippen molar-refractivity contribution in [2.24, 2.45) is 16.5 Å². The molecule has 4 rings (SSSR count). The molecule has 1 aromatic heterocycles. The number of carbonyl (C=O) groups is 2. The number of hydrogen-bond acceptors (Lipinski definition) is 19. The first-order valence-electron chi connectivity index (χ1n) is 22.0. The standard InChI is InChI=1S/C46H63ClN10O12/c47-41-43(50)55-42(49)38(54-41)45(69)56-46(51)52-16-4-3-7-26-12-13-27(32-9-2-1-8-31(26)32)18-33(48)44(68)53-28-14-10-25(11-15-28)6-5-17-57(22-36(64)39(66)40(67)37(65)24-59)21-29(60)19-34(62)35(63)20-30(61)23-58/h1-2,8-15,19-20,29,33,35-37,39-40,58-67H,3-7,16-18,21-24,48H2,(H,53,68)(H4,49,50,55)(H3,51,52,56,69)/b30-20?,34-19-/t29-,33+,35-,36+,37-,39-,40-/m1/s1. The molecule has 3 aromatic carbocycles. The fraction of sp³-hybridized carbons (Fsp3) is 0.413. The molecule has 0 aliphatic rings. The number of hydrogen-bond donors (Lipinski definition) is 16. The normalized spacial score (nSPS) is 15.6. The molecule has 20 N–H and O–H groups in total. The molecule has 0 unspecified atom stereocenters. The van der Waals surface area contributed by atoms with E-state index in [9.17, 15) is 50.4 Å². The summed E-state index contributed by atoms with van der Waals surface area (Å²) in [6.07, 6.45) is -5.27. The molecule has 22 nitrogen and oxygen atoms in total. The Morgan fingerprint density at radius 2 is 1.45 bits per heavy atom. The van der Waals surface area contributed by atoms with Crippen LogP contribution in [0, 0.1) is 0 Å². The molecule has 0 bridgehead atoms. The molecule has 7 atom stereocenters. The van der Waals surface area contributed by atoms with Crippen molar-refractivity contribution >= 4 is 57.5 Å². The molecule has 0 fully saturated rings. The van der Waals surface area contributed by atoms with Gasteiger partial charge in [-0.1, -0.05) is 60.1 Å². The average Bonchev–Trinajstić information content (AvgIpc) is 3.32. The summed E-state index contributed by atoms with van der Waals surface area (Å²) in [6.45, 7) is -1.67. The van der Waals surface area contributed by atoms with E-state index in [4.69, 9.17) is 44.7 Å². The van der Waals surface area contributed by atoms with E-state index in [1.165, 1.54) is 4.90 Å². The zero-order valence-corrected chi connectivity index (χ0v) is 38.5. The number of fused-ring (bicyclic) bond motifs is 1. The SMILES string of the molecule is NC(=NCCCCc1ccc(C[C@H](N)C(=O)Nc2ccc(CCCN(C[C@H](O)/C=C(\O)[C@H](O)C=C(O)CO)C[C@H](O)[C@@H](O)[C@H](O)[C@H](O)CO)cc2)c2ccccc12)NC(=O)c1nc(Cl)c(N)nc1N. The molecule has 376 valence electrons. The van der Waals surface area contributed by atoms with Crippen molar-refractivity contribution in [3.63, 3.8) is 0 Å². The van der Waals surface area contributed by atoms with Gasteiger partial charge in [0.2, 0.25) is 5.91 Å². The molecule has 69 heavy (non-hydrogen) atoms. The number of nitrogen functional groups attached to an aromatic ring is 2. The van der Waals surface area contributed by atoms with E-state index >= 15 is 0 Å². The number of guanidine groups is 1. The number of nitrogens with one attached hydrogen (secondary N) is 2. The number of aryl methyl sites for hydroxylation is 2. The third-order valence-electron chi connectivity index (χ3n) is 10.9. The number of halogens is 1. The summed E-state index contributed by atoms with van der Waals surface area (Å²) in [4.78, 5) is 39.2. The maximum atomic E-state index is 13.3. The Hall–Kier alpha value is -6.02. The highest BCUT2D eigenvalue weighted by atomic mass is 35.5. The minimum atomic E-state index is -1.88. The van der Waals surface area contributed by atoms with Gasteiger partial charge < -0.3 is 79.3 Å². The van der Waals surface area contributed by atoms with Crippen molar-refractivity contribution in [2.45, 2.75) is 81.2 Å². The number of aliphatic hydroxyl groups is 10. The number of nitrogens with two attached hydrogens (primary N) is 4. The van der Waals surface area contributed by atoms with Crippen molar-refractivity contribution in [3.05, 3.63) is 112 Å². The number of anilines is 3. The van der Waals surface area contributed by atoms with E-state index in [0.29, 0.717) is 31.5 Å². The van der Waals surface area contributed by atoms with Crippen LogP contribution in [0.1, 0.15) is 46.4 Å². The maximum absolute atomic E-state index is 13.3. The zero-order chi connectivity index (χ0) is 50.8. The van der Waals surface area contributed by atoms with Gasteiger partial charge in [0.15, 0.2) is 28.4 Å². The van der Waals surface area contributed by atoms with Crippen LogP contribution in [-0.2, 0) is 24.1 Å². The first kappa shape index (κ1) is 55.6. The number of nitrogens with zero attached hydrogens (tertiary/aromatic N) is 4. The Kier molecular flexibility index (Phi) is 21.9. The summed E-state index contributed by atoms with van der Waals surface area (Å²) in [5, 5.41) is 106. The smallest absolute Gasteiger partial charge is 0.280 e. The first-order chi connectivity index (χ1) is 32.8. The summed E-state index contributed by atoms with van der Waals surface area (Å²) in [5.41, 5.74) is 26.8. The number of rotatable bonds is 26. The summed E-state index contributed by atoms with van der Waals surface area (Å²) in [5.74, 6) is -2.87. The first-order valence-corrected chi connectivity index (χ1v) is 22.4. The number of benzene rings is 3. The van der Waals surface area contributed by atoms with E-state index in [1.54, 1.807) is 24.3 Å². The quantitative estimate of drug-likeness (QED) is 0.0160. The molecule has 2 amide bonds. The Morgan fingerprint density at radius 1 is 0.797 bits per heavy atom. The highest BCUT2D eigenvalue weighted by Crippen LogP contribution is 2.26. The van der Waals surface area contributed by atoms with E-state index in [1.807, 2.05) is 36.4 Å². The minimum absolute atomic E-state index is 0.106. The van der Waals surface area contributed by atoms with Crippen LogP contribution in [0.2, 0.25) is 5.15 Å². The molecule has 0 spiro atoms. The molecule has 0 saturated heterocycles. The summed E-state index contributed by atoms with van der Waals surface area (Å²) in [6, 6.07) is 18.0. The van der Waals surface area contributed by atoms with Gasteiger partial charge in [-0.2, -0.15) is 0 Å². The van der Waals surface area contributed by atoms with Crippen LogP contribution < -0.4 is 33.6 Å². The molecule has 1 heterocycles. The fourth-order valence-electron chi connectivity index (χ4n) is 7.22. The summed E-state index contributed by atoms with van der Waals surface area (Å²) in [7, 11) is 0. The number of unbranched alkanes of at least 4 members (excludes halogenated alkanes) is 1. The van der Waals surface area contributed by atoms with Crippen LogP contribution in [-0.4, -0.2) is 166 Å². The van der Waals surface area contributed by atoms with Crippen molar-refractivity contribution in [1.82, 2.24) is 20.2 Å². The van der Waals surface area contributed by atoms with Gasteiger partial charge >= 0.3 is 0 Å². The predicted octanol–water partition coefficient (Wildman–Crippen LogP) is -0.708. The van der Waals surface area contributed by atoms with Crippen LogP contribution in [0.3, 0.4) is 0 Å². The van der Waals surface area contributed by atoms with E-state index in [2.05, 4.69) is 25.6 Å². The van der Waals surface area contributed by atoms with Crippen LogP contribution in [0.5, 0.6) is 0 Å². The molecular weight excluding hydrogens is 920 g/mol. The Bertz CT molecular complexity index is 2410. The van der Waals surface area contributed by atoms with Gasteiger partial charge in [-0.05, 0) is 96.8 Å². The molecule has 0 saturated carbocycles. The van der Waals surface area contributed by atoms with Crippen LogP contribution >= 0.6 is 11.6 Å². The number of carbonyl (C=O) groups excluding carboxylic acids is 2. The zero-order valence-electron chi connectivity index (χ0n) is 37.7. The summed E-state index contributed by atoms with van der Waals surface area (Å²) < 4.78 is 0. The van der Waals surface area contributed by atoms with Gasteiger partial charge in [-0.25, -0.2) is 9.97 Å². The number of amides is 2. The fourth-order valence-corrected chi connectivity index (χ4v) is 7.35. The second-order valence-electron chi connectivity index (χ2n) is 16.3. The van der Waals surface area contributed by atoms with Crippen LogP contribution in [0.4, 0.5) is 17.3 Å². The van der Waals surface area contributed by atoms with Gasteiger partial charge in [-0.15, -0.1) is 0 Å². The van der Waals surface area contributed by atoms with Crippen molar-refractivity contribution in [2.75, 3.05) is 56.2 Å². The van der Waals surface area contributed by atoms with E-state index in [-0.39, 0.29) is 60.4 Å². The second-order valence-corrected chi connectivity index (χ2v) is 16.7. The predicted molar refractivity (Wildman–Crippen MR) is 260 cm³/mol. The van der Waals surface area contributed by atoms with Crippen molar-refractivity contribution < 1.29 is 60.7 Å². The summed E-state index contributed by atoms with van der Waals surface area (Å²) >= 11 is 5.86. The van der Waals surface area contributed by atoms with Gasteiger partial charge in [-0.3, -0.25) is 24.8 Å². The number of aromatic nitrogens is 2. The van der Waals surface area contributed by atoms with Crippen molar-refractivity contribution in [1.29, 1.82) is 0 Å². The highest BCUT2D eigenvalue weighted by molar-refractivity contribution is 6.31. The van der Waals surface area contributed by atoms with E-state index in [0.717, 1.165) is 52.5 Å². The molecule has 23 heteroatoms. The third kappa shape index (κ3) is 17.2. The van der Waals surface area contributed by atoms with Gasteiger partial charge in [0.1, 0.15) is 35.9 Å². The third-order valence-corrected chi connectivity index (χ3v) is 11.2. The lowest BCUT2D eigenvalue weighted by molar-refractivity contribution is -0.120. The van der Waals surface area contributed by atoms with Gasteiger partial charge in [0, 0.05) is 25.3 Å². The lowest BCUT2D eigenvalue weighted by Crippen LogP contribution is -2.50. The lowest BCUT2D eigenvalue weighted by atomic mass is 9.93. The van der Waals surface area contributed by atoms with Gasteiger partial charge in [0.05, 0.1) is 31.5 Å². The monoisotopic (exact) mass is 982 g/mol. The average molecular weight is 984 g/mol. The minimum Gasteiger partial charge on any atom is -0.510 e. The van der Waals surface area contributed by atoms with Crippen LogP contribution in [0.15, 0.2) is 89.3 Å². The van der Waals surface area contributed by atoms with Gasteiger partial charge in [0.25, 0.3) is 5.91 Å². The highest BCUT2D eigenvalue weighted by Gasteiger charge is 2.31. The largest absolute Gasteiger partial charge is 0.510 e. The molecule has 4 aromatic rings. The van der Waals surface area contributed by atoms with Crippen molar-refractivity contribution in [3.8, 4) is 0 Å². The molecular formula is C46H63ClN10O12. The topological polar surface area (TPSA) is 406 Å². The molecule has 0 radical (unpaired) electrons. The maximum Gasteiger partial charge on any atom is 0.280 e. The Balaban J connectivity index is 1.30. The van der Waals surface area contributed by atoms with Crippen LogP contribution in [0.25, 0.3) is 10.8 Å². The molecule has 0 aliphatic carbocycles. The van der Waals surface area contributed by atoms with E-state index < -0.39 is 73.3 Å². The number of aliphatic imine (C=N–C) groups is 1. The Labute approximate surface area is 402 Å². The number of aliphatic hydroxyl groups excluding tert-OH is 10. The molecule has 0 aliphatic heterocycles. The second kappa shape index (κ2) is 27.2. The Morgan fingerprint density at radius 3 is 2.12 bits per heavy atom. The lowest BCUT2D eigenvalue weighted by Gasteiger charge is -2.31.